The Bertz CT molecular complexity index is 474. The smallest absolute Gasteiger partial charge is 0.240 e. The highest BCUT2D eigenvalue weighted by Crippen LogP contribution is 2.22. The zero-order valence-corrected chi connectivity index (χ0v) is 11.2. The molecular weight excluding hydrogens is 262 g/mol. The summed E-state index contributed by atoms with van der Waals surface area (Å²) in [5.41, 5.74) is 0.545. The van der Waals surface area contributed by atoms with Crippen LogP contribution in [0.15, 0.2) is 23.1 Å². The molecule has 17 heavy (non-hydrogen) atoms. The maximum absolute atomic E-state index is 11.9. The number of hydrogen-bond donors (Lipinski definition) is 2. The molecule has 0 fully saturated rings. The molecule has 0 radical (unpaired) electrons. The average molecular weight is 278 g/mol. The molecule has 6 heteroatoms. The fraction of sp³-hybridized carbons (Fsp3) is 0.455. The minimum absolute atomic E-state index is 0.0674. The van der Waals surface area contributed by atoms with Gasteiger partial charge in [-0.15, -0.1) is 0 Å². The Labute approximate surface area is 107 Å². The first-order chi connectivity index (χ1) is 7.99. The topological polar surface area (TPSA) is 66.4 Å². The van der Waals surface area contributed by atoms with Crippen LogP contribution in [0.2, 0.25) is 5.02 Å². The summed E-state index contributed by atoms with van der Waals surface area (Å²) in [6.07, 6.45) is 1.19. The Morgan fingerprint density at radius 1 is 1.35 bits per heavy atom. The van der Waals surface area contributed by atoms with Gasteiger partial charge in [0.15, 0.2) is 0 Å². The molecule has 0 unspecified atom stereocenters. The molecule has 0 aliphatic rings. The molecule has 0 amide bonds. The minimum atomic E-state index is -3.51. The molecule has 0 saturated carbocycles. The van der Waals surface area contributed by atoms with Gasteiger partial charge >= 0.3 is 0 Å². The highest BCUT2D eigenvalue weighted by Gasteiger charge is 2.16. The van der Waals surface area contributed by atoms with Crippen LogP contribution in [0.4, 0.5) is 0 Å². The fourth-order valence-corrected chi connectivity index (χ4v) is 2.97. The molecule has 96 valence electrons. The first-order valence-corrected chi connectivity index (χ1v) is 7.21. The van der Waals surface area contributed by atoms with E-state index in [1.54, 1.807) is 19.1 Å². The van der Waals surface area contributed by atoms with Crippen molar-refractivity contribution in [2.75, 3.05) is 13.2 Å². The fourth-order valence-electron chi connectivity index (χ4n) is 1.40. The Morgan fingerprint density at radius 2 is 2.06 bits per heavy atom. The number of sulfonamides is 1. The molecule has 0 aromatic heterocycles. The van der Waals surface area contributed by atoms with Crippen LogP contribution in [0.3, 0.4) is 0 Å². The molecule has 0 saturated heterocycles. The summed E-state index contributed by atoms with van der Waals surface area (Å²) in [4.78, 5) is 0.203. The molecule has 0 heterocycles. The van der Waals surface area contributed by atoms with E-state index in [-0.39, 0.29) is 11.5 Å². The highest BCUT2D eigenvalue weighted by atomic mass is 35.5. The van der Waals surface area contributed by atoms with Gasteiger partial charge in [0, 0.05) is 18.2 Å². The average Bonchev–Trinajstić information content (AvgIpc) is 2.28. The van der Waals surface area contributed by atoms with Crippen molar-refractivity contribution in [3.63, 3.8) is 0 Å². The predicted octanol–water partition coefficient (Wildman–Crippen LogP) is 1.70. The Kier molecular flexibility index (Phi) is 5.39. The van der Waals surface area contributed by atoms with E-state index in [9.17, 15) is 8.42 Å². The van der Waals surface area contributed by atoms with Crippen molar-refractivity contribution in [1.29, 1.82) is 0 Å². The Balaban J connectivity index is 2.79. The van der Waals surface area contributed by atoms with Gasteiger partial charge in [0.2, 0.25) is 10.0 Å². The highest BCUT2D eigenvalue weighted by molar-refractivity contribution is 7.89. The summed E-state index contributed by atoms with van der Waals surface area (Å²) in [6, 6.07) is 4.79. The predicted molar refractivity (Wildman–Crippen MR) is 67.7 cm³/mol. The zero-order valence-electron chi connectivity index (χ0n) is 9.61. The van der Waals surface area contributed by atoms with Crippen molar-refractivity contribution in [3.05, 3.63) is 28.8 Å². The van der Waals surface area contributed by atoms with E-state index in [4.69, 9.17) is 16.7 Å². The molecule has 0 aliphatic carbocycles. The molecule has 1 aromatic rings. The van der Waals surface area contributed by atoms with Gasteiger partial charge in [-0.2, -0.15) is 0 Å². The summed E-state index contributed by atoms with van der Waals surface area (Å²) in [5, 5.41) is 9.03. The van der Waals surface area contributed by atoms with Gasteiger partial charge in [-0.25, -0.2) is 13.1 Å². The van der Waals surface area contributed by atoms with Crippen LogP contribution >= 0.6 is 11.6 Å². The van der Waals surface area contributed by atoms with Gasteiger partial charge < -0.3 is 5.11 Å². The van der Waals surface area contributed by atoms with Crippen LogP contribution in [-0.2, 0) is 10.0 Å². The maximum Gasteiger partial charge on any atom is 0.240 e. The molecular formula is C11H16ClNO3S. The standard InChI is InChI=1S/C11H16ClNO3S/c1-9-10(12)5-4-6-11(9)17(15,16)13-7-2-3-8-14/h4-6,13-14H,2-3,7-8H2,1H3. The van der Waals surface area contributed by atoms with Gasteiger partial charge in [-0.1, -0.05) is 17.7 Å². The minimum Gasteiger partial charge on any atom is -0.396 e. The largest absolute Gasteiger partial charge is 0.396 e. The van der Waals surface area contributed by atoms with Crippen molar-refractivity contribution in [2.45, 2.75) is 24.7 Å². The second kappa shape index (κ2) is 6.35. The van der Waals surface area contributed by atoms with Crippen LogP contribution in [0, 0.1) is 6.92 Å². The SMILES string of the molecule is Cc1c(Cl)cccc1S(=O)(=O)NCCCCO. The van der Waals surface area contributed by atoms with E-state index < -0.39 is 10.0 Å². The van der Waals surface area contributed by atoms with E-state index in [1.807, 2.05) is 0 Å². The molecule has 1 rings (SSSR count). The van der Waals surface area contributed by atoms with E-state index >= 15 is 0 Å². The summed E-state index contributed by atoms with van der Waals surface area (Å²) >= 11 is 5.88. The Hall–Kier alpha value is -0.620. The normalized spacial score (nSPS) is 11.7. The maximum atomic E-state index is 11.9. The molecule has 0 bridgehead atoms. The van der Waals surface area contributed by atoms with Crippen LogP contribution < -0.4 is 4.72 Å². The number of aliphatic hydroxyl groups is 1. The van der Waals surface area contributed by atoms with Gasteiger partial charge in [-0.3, -0.25) is 0 Å². The van der Waals surface area contributed by atoms with E-state index in [0.717, 1.165) is 0 Å². The van der Waals surface area contributed by atoms with Gasteiger partial charge in [0.25, 0.3) is 0 Å². The number of unbranched alkanes of at least 4 members (excludes halogenated alkanes) is 1. The summed E-state index contributed by atoms with van der Waals surface area (Å²) in [7, 11) is -3.51. The third-order valence-corrected chi connectivity index (χ3v) is 4.40. The number of nitrogens with one attached hydrogen (secondary N) is 1. The zero-order chi connectivity index (χ0) is 12.9. The molecule has 4 nitrogen and oxygen atoms in total. The third-order valence-electron chi connectivity index (χ3n) is 2.38. The number of hydrogen-bond acceptors (Lipinski definition) is 3. The van der Waals surface area contributed by atoms with E-state index in [0.29, 0.717) is 30.0 Å². The summed E-state index contributed by atoms with van der Waals surface area (Å²) < 4.78 is 26.4. The number of rotatable bonds is 6. The first-order valence-electron chi connectivity index (χ1n) is 5.34. The lowest BCUT2D eigenvalue weighted by molar-refractivity contribution is 0.285. The molecule has 0 atom stereocenters. The second-order valence-electron chi connectivity index (χ2n) is 3.69. The number of benzene rings is 1. The van der Waals surface area contributed by atoms with E-state index in [1.165, 1.54) is 6.07 Å². The van der Waals surface area contributed by atoms with Crippen LogP contribution in [0.25, 0.3) is 0 Å². The van der Waals surface area contributed by atoms with Gasteiger partial charge in [0.1, 0.15) is 0 Å². The first kappa shape index (κ1) is 14.4. The van der Waals surface area contributed by atoms with Crippen molar-refractivity contribution in [3.8, 4) is 0 Å². The van der Waals surface area contributed by atoms with E-state index in [2.05, 4.69) is 4.72 Å². The van der Waals surface area contributed by atoms with Crippen molar-refractivity contribution in [2.24, 2.45) is 0 Å². The van der Waals surface area contributed by atoms with Crippen molar-refractivity contribution < 1.29 is 13.5 Å². The third kappa shape index (κ3) is 3.96. The quantitative estimate of drug-likeness (QED) is 0.778. The van der Waals surface area contributed by atoms with Gasteiger partial charge in [-0.05, 0) is 37.5 Å². The van der Waals surface area contributed by atoms with Crippen molar-refractivity contribution in [1.82, 2.24) is 4.72 Å². The summed E-state index contributed by atoms with van der Waals surface area (Å²) in [5.74, 6) is 0. The lowest BCUT2D eigenvalue weighted by Crippen LogP contribution is -2.25. The summed E-state index contributed by atoms with van der Waals surface area (Å²) in [6.45, 7) is 2.05. The lowest BCUT2D eigenvalue weighted by Gasteiger charge is -2.09. The van der Waals surface area contributed by atoms with Gasteiger partial charge in [0.05, 0.1) is 4.90 Å². The monoisotopic (exact) mass is 277 g/mol. The van der Waals surface area contributed by atoms with Crippen LogP contribution in [0.5, 0.6) is 0 Å². The molecule has 1 aromatic carbocycles. The molecule has 2 N–H and O–H groups in total. The second-order valence-corrected chi connectivity index (χ2v) is 5.83. The number of halogens is 1. The van der Waals surface area contributed by atoms with Crippen LogP contribution in [0.1, 0.15) is 18.4 Å². The lowest BCUT2D eigenvalue weighted by atomic mass is 10.2. The number of aliphatic hydroxyl groups excluding tert-OH is 1. The molecule has 0 spiro atoms. The van der Waals surface area contributed by atoms with Crippen molar-refractivity contribution >= 4 is 21.6 Å². The van der Waals surface area contributed by atoms with Crippen LogP contribution in [-0.4, -0.2) is 26.7 Å². The molecule has 0 aliphatic heterocycles. The Morgan fingerprint density at radius 3 is 2.71 bits per heavy atom.